The fourth-order valence-corrected chi connectivity index (χ4v) is 2.75. The fourth-order valence-electron chi connectivity index (χ4n) is 2.00. The summed E-state index contributed by atoms with van der Waals surface area (Å²) in [5, 5.41) is 12.1. The average molecular weight is 311 g/mol. The monoisotopic (exact) mass is 311 g/mol. The Morgan fingerprint density at radius 1 is 1.05 bits per heavy atom. The molecule has 0 aliphatic carbocycles. The van der Waals surface area contributed by atoms with Crippen LogP contribution in [-0.4, -0.2) is 11.3 Å². The molecule has 5 heteroatoms. The molecule has 1 heterocycles. The summed E-state index contributed by atoms with van der Waals surface area (Å²) in [5.41, 5.74) is 3.80. The fraction of sp³-hybridized carbons (Fsp3) is 0. The molecule has 3 rings (SSSR count). The van der Waals surface area contributed by atoms with Crippen LogP contribution in [0.5, 0.6) is 0 Å². The zero-order valence-electron chi connectivity index (χ0n) is 11.1. The Balaban J connectivity index is 1.69. The van der Waals surface area contributed by atoms with Gasteiger partial charge in [0.05, 0.1) is 6.21 Å². The van der Waals surface area contributed by atoms with Gasteiger partial charge in [-0.25, -0.2) is 0 Å². The van der Waals surface area contributed by atoms with E-state index in [0.29, 0.717) is 5.11 Å². The van der Waals surface area contributed by atoms with Gasteiger partial charge in [-0.2, -0.15) is 5.10 Å². The summed E-state index contributed by atoms with van der Waals surface area (Å²) in [5.74, 6) is 0. The van der Waals surface area contributed by atoms with Crippen molar-refractivity contribution in [3.63, 3.8) is 0 Å². The van der Waals surface area contributed by atoms with Gasteiger partial charge in [0.25, 0.3) is 0 Å². The van der Waals surface area contributed by atoms with Gasteiger partial charge in [-0.15, -0.1) is 11.3 Å². The molecule has 2 aromatic carbocycles. The first-order chi connectivity index (χ1) is 10.3. The van der Waals surface area contributed by atoms with Gasteiger partial charge in [0.15, 0.2) is 5.11 Å². The zero-order valence-corrected chi connectivity index (χ0v) is 12.7. The number of hydrazone groups is 1. The second kappa shape index (κ2) is 6.47. The van der Waals surface area contributed by atoms with Crippen molar-refractivity contribution in [3.05, 3.63) is 64.9 Å². The molecule has 0 aliphatic heterocycles. The van der Waals surface area contributed by atoms with Crippen molar-refractivity contribution in [2.75, 3.05) is 5.32 Å². The van der Waals surface area contributed by atoms with Gasteiger partial charge in [-0.1, -0.05) is 42.5 Å². The van der Waals surface area contributed by atoms with Gasteiger partial charge in [-0.05, 0) is 35.1 Å². The predicted molar refractivity (Wildman–Crippen MR) is 95.2 cm³/mol. The molecule has 0 fully saturated rings. The summed E-state index contributed by atoms with van der Waals surface area (Å²) in [4.78, 5) is 1.08. The maximum absolute atomic E-state index is 5.26. The molecule has 0 bridgehead atoms. The Hall–Kier alpha value is -2.24. The van der Waals surface area contributed by atoms with Crippen molar-refractivity contribution < 1.29 is 0 Å². The quantitative estimate of drug-likeness (QED) is 0.432. The summed E-state index contributed by atoms with van der Waals surface area (Å²) >= 11 is 6.89. The van der Waals surface area contributed by atoms with E-state index in [4.69, 9.17) is 12.2 Å². The number of hydrogen-bond acceptors (Lipinski definition) is 3. The van der Waals surface area contributed by atoms with E-state index in [9.17, 15) is 0 Å². The van der Waals surface area contributed by atoms with E-state index >= 15 is 0 Å². The second-order valence-electron chi connectivity index (χ2n) is 4.37. The highest BCUT2D eigenvalue weighted by Crippen LogP contribution is 2.22. The number of nitrogens with zero attached hydrogens (tertiary/aromatic N) is 1. The lowest BCUT2D eigenvalue weighted by Crippen LogP contribution is -2.23. The van der Waals surface area contributed by atoms with Gasteiger partial charge < -0.3 is 5.32 Å². The summed E-state index contributed by atoms with van der Waals surface area (Å²) in [6.45, 7) is 0. The maximum Gasteiger partial charge on any atom is 0.191 e. The van der Waals surface area contributed by atoms with Crippen LogP contribution >= 0.6 is 23.6 Å². The highest BCUT2D eigenvalue weighted by molar-refractivity contribution is 7.80. The average Bonchev–Trinajstić information content (AvgIpc) is 3.01. The van der Waals surface area contributed by atoms with E-state index in [0.717, 1.165) is 16.0 Å². The molecule has 2 N–H and O–H groups in total. The molecule has 21 heavy (non-hydrogen) atoms. The van der Waals surface area contributed by atoms with Crippen LogP contribution in [0.1, 0.15) is 4.88 Å². The predicted octanol–water partition coefficient (Wildman–Crippen LogP) is 4.22. The van der Waals surface area contributed by atoms with Gasteiger partial charge >= 0.3 is 0 Å². The minimum Gasteiger partial charge on any atom is -0.331 e. The summed E-state index contributed by atoms with van der Waals surface area (Å²) in [6.07, 6.45) is 1.75. The molecular weight excluding hydrogens is 298 g/mol. The van der Waals surface area contributed by atoms with Gasteiger partial charge in [0.1, 0.15) is 0 Å². The lowest BCUT2D eigenvalue weighted by atomic mass is 10.1. The van der Waals surface area contributed by atoms with Crippen molar-refractivity contribution in [3.8, 4) is 0 Å². The number of hydrogen-bond donors (Lipinski definition) is 2. The maximum atomic E-state index is 5.26. The molecule has 0 radical (unpaired) electrons. The number of nitrogens with one attached hydrogen (secondary N) is 2. The molecular formula is C16H13N3S2. The molecule has 3 aromatic rings. The van der Waals surface area contributed by atoms with Crippen LogP contribution in [0, 0.1) is 0 Å². The van der Waals surface area contributed by atoms with Crippen LogP contribution in [0.15, 0.2) is 65.1 Å². The van der Waals surface area contributed by atoms with Crippen molar-refractivity contribution in [1.29, 1.82) is 0 Å². The lowest BCUT2D eigenvalue weighted by Gasteiger charge is -2.09. The Bertz CT molecular complexity index is 774. The third-order valence-electron chi connectivity index (χ3n) is 2.94. The van der Waals surface area contributed by atoms with Gasteiger partial charge in [0.2, 0.25) is 0 Å². The third kappa shape index (κ3) is 3.45. The number of rotatable bonds is 3. The van der Waals surface area contributed by atoms with Gasteiger partial charge in [-0.3, -0.25) is 5.43 Å². The number of fused-ring (bicyclic) bond motifs is 1. The van der Waals surface area contributed by atoms with Crippen molar-refractivity contribution in [1.82, 2.24) is 5.43 Å². The van der Waals surface area contributed by atoms with E-state index in [1.165, 1.54) is 5.39 Å². The highest BCUT2D eigenvalue weighted by atomic mass is 32.1. The third-order valence-corrected chi connectivity index (χ3v) is 3.94. The van der Waals surface area contributed by atoms with Crippen molar-refractivity contribution in [2.45, 2.75) is 0 Å². The van der Waals surface area contributed by atoms with Crippen LogP contribution in [0.25, 0.3) is 10.8 Å². The van der Waals surface area contributed by atoms with Crippen LogP contribution in [0.3, 0.4) is 0 Å². The van der Waals surface area contributed by atoms with Crippen molar-refractivity contribution >= 4 is 51.3 Å². The molecule has 0 saturated carbocycles. The highest BCUT2D eigenvalue weighted by Gasteiger charge is 2.01. The summed E-state index contributed by atoms with van der Waals surface area (Å²) < 4.78 is 0. The largest absolute Gasteiger partial charge is 0.331 e. The zero-order chi connectivity index (χ0) is 14.5. The molecule has 3 nitrogen and oxygen atoms in total. The molecule has 0 spiro atoms. The molecule has 0 amide bonds. The summed E-state index contributed by atoms with van der Waals surface area (Å²) in [7, 11) is 0. The number of thiocarbonyl (C=S) groups is 1. The van der Waals surface area contributed by atoms with E-state index < -0.39 is 0 Å². The smallest absolute Gasteiger partial charge is 0.191 e. The molecule has 0 unspecified atom stereocenters. The standard InChI is InChI=1S/C16H13N3S2/c20-16(19-17-11-13-7-4-10-21-13)18-15-9-3-6-12-5-1-2-8-14(12)15/h1-11H,(H2,18,19,20)/b17-11+. The first-order valence-electron chi connectivity index (χ1n) is 6.44. The van der Waals surface area contributed by atoms with Crippen LogP contribution < -0.4 is 10.7 Å². The minimum absolute atomic E-state index is 0.471. The second-order valence-corrected chi connectivity index (χ2v) is 5.75. The molecule has 1 aromatic heterocycles. The molecule has 0 atom stereocenters. The first-order valence-corrected chi connectivity index (χ1v) is 7.73. The van der Waals surface area contributed by atoms with Gasteiger partial charge in [0, 0.05) is 16.0 Å². The normalized spacial score (nSPS) is 10.9. The number of thiophene rings is 1. The topological polar surface area (TPSA) is 36.4 Å². The Morgan fingerprint density at radius 2 is 1.90 bits per heavy atom. The summed E-state index contributed by atoms with van der Waals surface area (Å²) in [6, 6.07) is 18.2. The Kier molecular flexibility index (Phi) is 4.23. The number of benzene rings is 2. The van der Waals surface area contributed by atoms with Crippen LogP contribution in [0.2, 0.25) is 0 Å². The number of anilines is 1. The SMILES string of the molecule is S=C(N/N=C/c1cccs1)Nc1cccc2ccccc12. The van der Waals surface area contributed by atoms with E-state index in [1.54, 1.807) is 17.6 Å². The Labute approximate surface area is 132 Å². The molecule has 0 saturated heterocycles. The van der Waals surface area contributed by atoms with E-state index in [1.807, 2.05) is 41.8 Å². The van der Waals surface area contributed by atoms with Crippen LogP contribution in [0.4, 0.5) is 5.69 Å². The van der Waals surface area contributed by atoms with Crippen LogP contribution in [-0.2, 0) is 0 Å². The first kappa shape index (κ1) is 13.7. The molecule has 0 aliphatic rings. The Morgan fingerprint density at radius 3 is 2.76 bits per heavy atom. The minimum atomic E-state index is 0.471. The molecule has 104 valence electrons. The van der Waals surface area contributed by atoms with Crippen molar-refractivity contribution in [2.24, 2.45) is 5.10 Å². The van der Waals surface area contributed by atoms with E-state index in [-0.39, 0.29) is 0 Å². The lowest BCUT2D eigenvalue weighted by molar-refractivity contribution is 1.05. The van der Waals surface area contributed by atoms with E-state index in [2.05, 4.69) is 34.0 Å².